The summed E-state index contributed by atoms with van der Waals surface area (Å²) in [5, 5.41) is 6.47. The molecule has 0 radical (unpaired) electrons. The van der Waals surface area contributed by atoms with Gasteiger partial charge in [0.15, 0.2) is 11.5 Å². The van der Waals surface area contributed by atoms with Gasteiger partial charge in [-0.1, -0.05) is 45.0 Å². The molecule has 0 spiro atoms. The Kier molecular flexibility index (Phi) is 4.99. The van der Waals surface area contributed by atoms with Crippen LogP contribution in [0.15, 0.2) is 35.0 Å². The Balaban J connectivity index is 1.33. The van der Waals surface area contributed by atoms with Crippen molar-refractivity contribution in [3.63, 3.8) is 0 Å². The first-order valence-electron chi connectivity index (χ1n) is 11.0. The van der Waals surface area contributed by atoms with Gasteiger partial charge >= 0.3 is 11.8 Å². The van der Waals surface area contributed by atoms with Crippen molar-refractivity contribution in [2.75, 3.05) is 0 Å². The number of fused-ring (bicyclic) bond motifs is 1. The number of pyridine rings is 1. The van der Waals surface area contributed by atoms with E-state index in [1.807, 2.05) is 32.9 Å². The third-order valence-electron chi connectivity index (χ3n) is 5.96. The monoisotopic (exact) mass is 448 g/mol. The highest BCUT2D eigenvalue weighted by Crippen LogP contribution is 2.46. The van der Waals surface area contributed by atoms with Crippen molar-refractivity contribution < 1.29 is 13.7 Å². The molecule has 0 aliphatic heterocycles. The van der Waals surface area contributed by atoms with Gasteiger partial charge in [0.2, 0.25) is 0 Å². The minimum Gasteiger partial charge on any atom is -0.344 e. The van der Waals surface area contributed by atoms with E-state index in [1.54, 1.807) is 12.3 Å². The lowest BCUT2D eigenvalue weighted by molar-refractivity contribution is 0.0906. The Labute approximate surface area is 190 Å². The van der Waals surface area contributed by atoms with E-state index >= 15 is 0 Å². The average molecular weight is 449 g/mol. The van der Waals surface area contributed by atoms with E-state index < -0.39 is 11.7 Å². The number of aromatic amines is 1. The van der Waals surface area contributed by atoms with Gasteiger partial charge in [0.25, 0.3) is 0 Å². The van der Waals surface area contributed by atoms with Gasteiger partial charge in [0, 0.05) is 35.2 Å². The van der Waals surface area contributed by atoms with Crippen LogP contribution in [0.5, 0.6) is 0 Å². The maximum absolute atomic E-state index is 14.9. The number of aromatic nitrogens is 5. The predicted octanol–water partition coefficient (Wildman–Crippen LogP) is 4.50. The van der Waals surface area contributed by atoms with Crippen molar-refractivity contribution in [3.8, 4) is 11.1 Å². The maximum atomic E-state index is 14.9. The molecular formula is C24H25FN6O2. The number of benzene rings is 1. The van der Waals surface area contributed by atoms with E-state index in [4.69, 9.17) is 9.51 Å². The summed E-state index contributed by atoms with van der Waals surface area (Å²) in [6.45, 7) is 7.95. The first-order valence-corrected chi connectivity index (χ1v) is 11.0. The van der Waals surface area contributed by atoms with Crippen LogP contribution in [0, 0.1) is 11.7 Å². The van der Waals surface area contributed by atoms with E-state index in [-0.39, 0.29) is 17.9 Å². The summed E-state index contributed by atoms with van der Waals surface area (Å²) in [6, 6.07) is 6.76. The average Bonchev–Trinajstić information content (AvgIpc) is 3.18. The molecule has 1 aliphatic rings. The van der Waals surface area contributed by atoms with Gasteiger partial charge in [-0.3, -0.25) is 4.79 Å². The molecule has 33 heavy (non-hydrogen) atoms. The Morgan fingerprint density at radius 1 is 1.27 bits per heavy atom. The van der Waals surface area contributed by atoms with Crippen molar-refractivity contribution in [2.24, 2.45) is 5.92 Å². The van der Waals surface area contributed by atoms with Crippen molar-refractivity contribution in [2.45, 2.75) is 52.0 Å². The molecule has 0 bridgehead atoms. The predicted molar refractivity (Wildman–Crippen MR) is 120 cm³/mol. The number of carbonyl (C=O) groups excluding carboxylic acids is 1. The van der Waals surface area contributed by atoms with Crippen molar-refractivity contribution in [3.05, 3.63) is 59.4 Å². The highest BCUT2D eigenvalue weighted by atomic mass is 19.1. The van der Waals surface area contributed by atoms with Gasteiger partial charge in [-0.15, -0.1) is 0 Å². The van der Waals surface area contributed by atoms with Gasteiger partial charge in [-0.2, -0.15) is 4.98 Å². The molecule has 3 heterocycles. The van der Waals surface area contributed by atoms with E-state index in [9.17, 15) is 9.18 Å². The molecule has 2 N–H and O–H groups in total. The van der Waals surface area contributed by atoms with Crippen LogP contribution >= 0.6 is 0 Å². The van der Waals surface area contributed by atoms with Crippen molar-refractivity contribution >= 4 is 17.1 Å². The molecule has 170 valence electrons. The van der Waals surface area contributed by atoms with Crippen LogP contribution in [-0.4, -0.2) is 31.0 Å². The molecule has 4 aromatic rings. The van der Waals surface area contributed by atoms with Gasteiger partial charge in [-0.25, -0.2) is 14.4 Å². The zero-order valence-corrected chi connectivity index (χ0v) is 18.9. The number of nitrogens with one attached hydrogen (secondary N) is 2. The van der Waals surface area contributed by atoms with E-state index in [0.29, 0.717) is 34.4 Å². The smallest absolute Gasteiger partial charge is 0.315 e. The Bertz CT molecular complexity index is 1350. The van der Waals surface area contributed by atoms with Crippen molar-refractivity contribution in [1.82, 2.24) is 30.4 Å². The standard InChI is InChI=1S/C24H25FN6O2/c1-12-9-16(12)19-28-18-15(7-8-26-20(18)29-19)13-5-6-14(17(25)10-13)11-27-21(32)22-30-23(31-33-22)24(2,3)4/h5-8,10,12,16H,9,11H2,1-4H3,(H,27,32)(H,26,28,29)/t12-,16-/m1/s1. The van der Waals surface area contributed by atoms with Crippen LogP contribution in [0.25, 0.3) is 22.3 Å². The molecule has 1 aliphatic carbocycles. The second-order valence-electron chi connectivity index (χ2n) is 9.66. The van der Waals surface area contributed by atoms with E-state index in [1.165, 1.54) is 6.07 Å². The Morgan fingerprint density at radius 2 is 2.06 bits per heavy atom. The van der Waals surface area contributed by atoms with Crippen LogP contribution in [-0.2, 0) is 12.0 Å². The molecule has 3 aromatic heterocycles. The molecule has 9 heteroatoms. The van der Waals surface area contributed by atoms with Crippen LogP contribution in [0.4, 0.5) is 4.39 Å². The van der Waals surface area contributed by atoms with Gasteiger partial charge in [0.05, 0.1) is 0 Å². The molecule has 8 nitrogen and oxygen atoms in total. The summed E-state index contributed by atoms with van der Waals surface area (Å²) in [4.78, 5) is 28.9. The summed E-state index contributed by atoms with van der Waals surface area (Å²) in [5.41, 5.74) is 2.96. The molecule has 1 amide bonds. The molecule has 1 aromatic carbocycles. The quantitative estimate of drug-likeness (QED) is 0.465. The van der Waals surface area contributed by atoms with Crippen LogP contribution in [0.3, 0.4) is 0 Å². The van der Waals surface area contributed by atoms with Crippen molar-refractivity contribution in [1.29, 1.82) is 0 Å². The summed E-state index contributed by atoms with van der Waals surface area (Å²) in [7, 11) is 0. The van der Waals surface area contributed by atoms with Crippen LogP contribution < -0.4 is 5.32 Å². The first kappa shape index (κ1) is 21.2. The summed E-state index contributed by atoms with van der Waals surface area (Å²) in [5.74, 6) is 1.31. The number of amides is 1. The van der Waals surface area contributed by atoms with Gasteiger partial charge in [0.1, 0.15) is 17.2 Å². The summed E-state index contributed by atoms with van der Waals surface area (Å²) < 4.78 is 19.9. The van der Waals surface area contributed by atoms with Crippen LogP contribution in [0.1, 0.15) is 67.9 Å². The molecular weight excluding hydrogens is 423 g/mol. The topological polar surface area (TPSA) is 110 Å². The number of hydrogen-bond donors (Lipinski definition) is 2. The third-order valence-corrected chi connectivity index (χ3v) is 5.96. The SMILES string of the molecule is C[C@@H]1C[C@H]1c1nc2c(-c3ccc(CNC(=O)c4nc(C(C)(C)C)no4)c(F)c3)ccnc2[nH]1. The lowest BCUT2D eigenvalue weighted by atomic mass is 9.96. The zero-order valence-electron chi connectivity index (χ0n) is 18.9. The zero-order chi connectivity index (χ0) is 23.3. The molecule has 1 saturated carbocycles. The Morgan fingerprint density at radius 3 is 2.73 bits per heavy atom. The minimum atomic E-state index is -0.546. The number of halogens is 1. The number of rotatable bonds is 5. The second-order valence-corrected chi connectivity index (χ2v) is 9.66. The number of carbonyl (C=O) groups is 1. The number of hydrogen-bond acceptors (Lipinski definition) is 6. The lowest BCUT2D eigenvalue weighted by Gasteiger charge is -2.10. The summed E-state index contributed by atoms with van der Waals surface area (Å²) >= 11 is 0. The summed E-state index contributed by atoms with van der Waals surface area (Å²) in [6.07, 6.45) is 2.81. The molecule has 2 atom stereocenters. The lowest BCUT2D eigenvalue weighted by Crippen LogP contribution is -2.24. The first-order chi connectivity index (χ1) is 15.7. The fraction of sp³-hybridized carbons (Fsp3) is 0.375. The fourth-order valence-electron chi connectivity index (χ4n) is 3.77. The molecule has 0 unspecified atom stereocenters. The second kappa shape index (κ2) is 7.75. The number of imidazole rings is 1. The molecule has 1 fully saturated rings. The van der Waals surface area contributed by atoms with Gasteiger partial charge < -0.3 is 14.8 Å². The highest BCUT2D eigenvalue weighted by Gasteiger charge is 2.36. The largest absolute Gasteiger partial charge is 0.344 e. The van der Waals surface area contributed by atoms with Gasteiger partial charge in [-0.05, 0) is 30.0 Å². The molecule has 0 saturated heterocycles. The Hall–Kier alpha value is -3.62. The molecule has 5 rings (SSSR count). The van der Waals surface area contributed by atoms with Crippen LogP contribution in [0.2, 0.25) is 0 Å². The number of H-pyrrole nitrogens is 1. The maximum Gasteiger partial charge on any atom is 0.315 e. The van der Waals surface area contributed by atoms with E-state index in [2.05, 4.69) is 32.3 Å². The highest BCUT2D eigenvalue weighted by molar-refractivity contribution is 5.90. The van der Waals surface area contributed by atoms with E-state index in [0.717, 1.165) is 23.3 Å². The minimum absolute atomic E-state index is 0.00391. The normalized spacial score (nSPS) is 18.0. The fourth-order valence-corrected chi connectivity index (χ4v) is 3.77. The number of nitrogens with zero attached hydrogens (tertiary/aromatic N) is 4. The third kappa shape index (κ3) is 4.10.